The Hall–Kier alpha value is -0.220. The van der Waals surface area contributed by atoms with Gasteiger partial charge in [0.2, 0.25) is 5.91 Å². The number of rotatable bonds is 7. The minimum absolute atomic E-state index is 0.0503. The Labute approximate surface area is 116 Å². The molecule has 1 aliphatic heterocycles. The van der Waals surface area contributed by atoms with E-state index in [1.54, 1.807) is 0 Å². The average Bonchev–Trinajstić information content (AvgIpc) is 2.81. The van der Waals surface area contributed by atoms with Crippen molar-refractivity contribution in [2.24, 2.45) is 11.8 Å². The third-order valence-corrected chi connectivity index (χ3v) is 4.22. The first-order valence-electron chi connectivity index (χ1n) is 7.10. The van der Waals surface area contributed by atoms with Gasteiger partial charge in [-0.2, -0.15) is 0 Å². The summed E-state index contributed by atoms with van der Waals surface area (Å²) in [4.78, 5) is 14.5. The molecule has 0 aromatic heterocycles. The Kier molecular flexibility index (Phi) is 7.08. The van der Waals surface area contributed by atoms with Crippen molar-refractivity contribution in [1.82, 2.24) is 10.2 Å². The van der Waals surface area contributed by atoms with E-state index in [1.165, 1.54) is 0 Å². The summed E-state index contributed by atoms with van der Waals surface area (Å²) in [5.41, 5.74) is 0. The number of amides is 1. The van der Waals surface area contributed by atoms with Gasteiger partial charge in [0, 0.05) is 24.7 Å². The monoisotopic (exact) mass is 272 g/mol. The number of nitrogens with one attached hydrogen (secondary N) is 1. The van der Waals surface area contributed by atoms with Crippen LogP contribution in [0.1, 0.15) is 40.5 Å². The van der Waals surface area contributed by atoms with Crippen LogP contribution < -0.4 is 5.32 Å². The van der Waals surface area contributed by atoms with E-state index >= 15 is 0 Å². The van der Waals surface area contributed by atoms with Gasteiger partial charge in [-0.3, -0.25) is 10.1 Å². The first-order chi connectivity index (χ1) is 8.50. The number of hydrogen-bond donors (Lipinski definition) is 1. The van der Waals surface area contributed by atoms with Gasteiger partial charge in [-0.25, -0.2) is 0 Å². The summed E-state index contributed by atoms with van der Waals surface area (Å²) in [5, 5.41) is 3.28. The molecule has 3 nitrogen and oxygen atoms in total. The summed E-state index contributed by atoms with van der Waals surface area (Å²) in [6.45, 7) is 10.7. The van der Waals surface area contributed by atoms with Crippen LogP contribution in [0.15, 0.2) is 0 Å². The highest BCUT2D eigenvalue weighted by Gasteiger charge is 2.27. The lowest BCUT2D eigenvalue weighted by Crippen LogP contribution is -2.46. The second kappa shape index (κ2) is 8.05. The van der Waals surface area contributed by atoms with Gasteiger partial charge in [0.25, 0.3) is 0 Å². The van der Waals surface area contributed by atoms with E-state index < -0.39 is 0 Å². The quantitative estimate of drug-likeness (QED) is 0.773. The predicted molar refractivity (Wildman–Crippen MR) is 79.7 cm³/mol. The second-order valence-corrected chi connectivity index (χ2v) is 6.99. The zero-order valence-corrected chi connectivity index (χ0v) is 13.1. The van der Waals surface area contributed by atoms with E-state index in [0.717, 1.165) is 37.6 Å². The number of carbonyl (C=O) groups is 1. The molecule has 1 saturated heterocycles. The van der Waals surface area contributed by atoms with E-state index in [1.807, 2.05) is 11.8 Å². The minimum Gasteiger partial charge on any atom is -0.341 e. The van der Waals surface area contributed by atoms with Gasteiger partial charge in [0.05, 0.1) is 6.04 Å². The molecule has 0 aliphatic carbocycles. The van der Waals surface area contributed by atoms with Gasteiger partial charge in [-0.15, -0.1) is 11.8 Å². The van der Waals surface area contributed by atoms with Crippen LogP contribution >= 0.6 is 11.8 Å². The topological polar surface area (TPSA) is 32.3 Å². The Morgan fingerprint density at radius 2 is 1.78 bits per heavy atom. The van der Waals surface area contributed by atoms with Gasteiger partial charge in [-0.05, 0) is 24.7 Å². The molecular weight excluding hydrogens is 244 g/mol. The van der Waals surface area contributed by atoms with E-state index in [9.17, 15) is 4.79 Å². The molecule has 1 rings (SSSR count). The third kappa shape index (κ3) is 5.61. The molecule has 1 fully saturated rings. The van der Waals surface area contributed by atoms with Gasteiger partial charge >= 0.3 is 0 Å². The molecule has 18 heavy (non-hydrogen) atoms. The molecule has 1 atom stereocenters. The lowest BCUT2D eigenvalue weighted by Gasteiger charge is -2.27. The van der Waals surface area contributed by atoms with Crippen molar-refractivity contribution < 1.29 is 4.79 Å². The Morgan fingerprint density at radius 1 is 1.22 bits per heavy atom. The maximum Gasteiger partial charge on any atom is 0.240 e. The molecule has 1 aliphatic rings. The fraction of sp³-hybridized carbons (Fsp3) is 0.929. The fourth-order valence-electron chi connectivity index (χ4n) is 1.93. The summed E-state index contributed by atoms with van der Waals surface area (Å²) in [7, 11) is 0. The number of carbonyl (C=O) groups excluding carboxylic acids is 1. The fourth-order valence-corrected chi connectivity index (χ4v) is 2.87. The maximum absolute atomic E-state index is 12.4. The van der Waals surface area contributed by atoms with Crippen molar-refractivity contribution in [2.75, 3.05) is 24.7 Å². The van der Waals surface area contributed by atoms with Crippen LogP contribution in [0, 0.1) is 11.8 Å². The molecule has 0 aromatic rings. The molecule has 0 saturated carbocycles. The summed E-state index contributed by atoms with van der Waals surface area (Å²) in [6.07, 6.45) is 2.20. The van der Waals surface area contributed by atoms with E-state index in [2.05, 4.69) is 37.9 Å². The summed E-state index contributed by atoms with van der Waals surface area (Å²) < 4.78 is 0. The van der Waals surface area contributed by atoms with E-state index in [0.29, 0.717) is 17.7 Å². The van der Waals surface area contributed by atoms with Gasteiger partial charge in [-0.1, -0.05) is 27.7 Å². The molecule has 0 radical (unpaired) electrons. The van der Waals surface area contributed by atoms with Crippen molar-refractivity contribution in [2.45, 2.75) is 46.6 Å². The van der Waals surface area contributed by atoms with Gasteiger partial charge in [0.1, 0.15) is 0 Å². The normalized spacial score (nSPS) is 19.8. The zero-order valence-electron chi connectivity index (χ0n) is 12.2. The smallest absolute Gasteiger partial charge is 0.240 e. The highest BCUT2D eigenvalue weighted by Crippen LogP contribution is 2.14. The van der Waals surface area contributed by atoms with Gasteiger partial charge in [0.15, 0.2) is 0 Å². The van der Waals surface area contributed by atoms with Crippen LogP contribution in [0.4, 0.5) is 0 Å². The molecule has 0 spiro atoms. The highest BCUT2D eigenvalue weighted by molar-refractivity contribution is 7.99. The molecule has 1 heterocycles. The van der Waals surface area contributed by atoms with Crippen LogP contribution in [-0.4, -0.2) is 41.6 Å². The van der Waals surface area contributed by atoms with Crippen LogP contribution in [0.5, 0.6) is 0 Å². The molecule has 1 unspecified atom stereocenters. The molecule has 1 amide bonds. The Morgan fingerprint density at radius 3 is 2.17 bits per heavy atom. The molecular formula is C14H28N2OS. The lowest BCUT2D eigenvalue weighted by atomic mass is 10.1. The van der Waals surface area contributed by atoms with Crippen LogP contribution in [0.25, 0.3) is 0 Å². The Bertz CT molecular complexity index is 238. The summed E-state index contributed by atoms with van der Waals surface area (Å²) >= 11 is 1.82. The van der Waals surface area contributed by atoms with Crippen LogP contribution in [0.3, 0.4) is 0 Å². The van der Waals surface area contributed by atoms with Crippen molar-refractivity contribution in [1.29, 1.82) is 0 Å². The second-order valence-electron chi connectivity index (χ2n) is 5.96. The number of hydrogen-bond acceptors (Lipinski definition) is 3. The number of thioether (sulfide) groups is 1. The molecule has 0 aromatic carbocycles. The standard InChI is InChI=1S/C14H28N2OS/c1-11(2)5-7-16(8-6-12(3)4)14(17)13-9-18-10-15-13/h11-13,15H,5-10H2,1-4H3. The average molecular weight is 272 g/mol. The maximum atomic E-state index is 12.4. The van der Waals surface area contributed by atoms with Crippen molar-refractivity contribution in [3.8, 4) is 0 Å². The molecule has 106 valence electrons. The van der Waals surface area contributed by atoms with Crippen LogP contribution in [0.2, 0.25) is 0 Å². The van der Waals surface area contributed by atoms with E-state index in [4.69, 9.17) is 0 Å². The van der Waals surface area contributed by atoms with Crippen molar-refractivity contribution in [3.05, 3.63) is 0 Å². The lowest BCUT2D eigenvalue weighted by molar-refractivity contribution is -0.133. The number of nitrogens with zero attached hydrogens (tertiary/aromatic N) is 1. The summed E-state index contributed by atoms with van der Waals surface area (Å²) in [6, 6.07) is 0.0503. The highest BCUT2D eigenvalue weighted by atomic mass is 32.2. The van der Waals surface area contributed by atoms with E-state index in [-0.39, 0.29) is 6.04 Å². The van der Waals surface area contributed by atoms with Crippen molar-refractivity contribution >= 4 is 17.7 Å². The first kappa shape index (κ1) is 15.8. The minimum atomic E-state index is 0.0503. The van der Waals surface area contributed by atoms with Gasteiger partial charge < -0.3 is 4.90 Å². The zero-order chi connectivity index (χ0) is 13.5. The Balaban J connectivity index is 2.48. The van der Waals surface area contributed by atoms with Crippen molar-refractivity contribution in [3.63, 3.8) is 0 Å². The molecule has 0 bridgehead atoms. The predicted octanol–water partition coefficient (Wildman–Crippen LogP) is 2.57. The summed E-state index contributed by atoms with van der Waals surface area (Å²) in [5.74, 6) is 3.47. The first-order valence-corrected chi connectivity index (χ1v) is 8.26. The largest absolute Gasteiger partial charge is 0.341 e. The molecule has 4 heteroatoms. The SMILES string of the molecule is CC(C)CCN(CCC(C)C)C(=O)C1CSCN1. The molecule has 1 N–H and O–H groups in total. The third-order valence-electron chi connectivity index (χ3n) is 3.28. The van der Waals surface area contributed by atoms with Crippen LogP contribution in [-0.2, 0) is 4.79 Å².